The van der Waals surface area contributed by atoms with Gasteiger partial charge in [0.15, 0.2) is 0 Å². The quantitative estimate of drug-likeness (QED) is 0.715. The van der Waals surface area contributed by atoms with Crippen LogP contribution >= 0.6 is 0 Å². The normalized spacial score (nSPS) is 17.8. The molecule has 0 saturated heterocycles. The maximum absolute atomic E-state index is 12.8. The molecule has 1 aliphatic rings. The van der Waals surface area contributed by atoms with Crippen LogP contribution in [0.2, 0.25) is 0 Å². The molecule has 28 heavy (non-hydrogen) atoms. The van der Waals surface area contributed by atoms with Crippen LogP contribution in [0.15, 0.2) is 16.8 Å². The molecule has 6 nitrogen and oxygen atoms in total. The molecule has 0 fully saturated rings. The van der Waals surface area contributed by atoms with Crippen molar-refractivity contribution < 1.29 is 14.1 Å². The molecule has 2 aromatic heterocycles. The van der Waals surface area contributed by atoms with E-state index in [0.717, 1.165) is 10.5 Å². The zero-order valence-corrected chi connectivity index (χ0v) is 16.7. The molecular formula is C18H19B4N3O3. The number of amides is 1. The van der Waals surface area contributed by atoms with Crippen molar-refractivity contribution in [2.75, 3.05) is 0 Å². The highest BCUT2D eigenvalue weighted by atomic mass is 16.6. The summed E-state index contributed by atoms with van der Waals surface area (Å²) in [6, 6.07) is 1.75. The van der Waals surface area contributed by atoms with E-state index in [0.29, 0.717) is 28.3 Å². The van der Waals surface area contributed by atoms with Gasteiger partial charge < -0.3 is 14.2 Å². The Hall–Kier alpha value is -2.11. The summed E-state index contributed by atoms with van der Waals surface area (Å²) < 4.78 is 10.7. The lowest BCUT2D eigenvalue weighted by Gasteiger charge is -2.54. The summed E-state index contributed by atoms with van der Waals surface area (Å²) in [7, 11) is 25.2. The number of hydrogen-bond acceptors (Lipinski definition) is 5. The van der Waals surface area contributed by atoms with E-state index >= 15 is 0 Å². The van der Waals surface area contributed by atoms with Gasteiger partial charge in [-0.15, -0.1) is 0 Å². The molecular weight excluding hydrogens is 349 g/mol. The average molecular weight is 369 g/mol. The molecule has 0 spiro atoms. The number of carbonyl (C=O) groups excluding carboxylic acids is 1. The van der Waals surface area contributed by atoms with Crippen LogP contribution in [-0.2, 0) is 16.5 Å². The van der Waals surface area contributed by atoms with Crippen LogP contribution in [0.25, 0.3) is 11.1 Å². The minimum absolute atomic E-state index is 0.0552. The highest BCUT2D eigenvalue weighted by Gasteiger charge is 2.47. The molecule has 0 saturated carbocycles. The molecule has 3 heterocycles. The van der Waals surface area contributed by atoms with Gasteiger partial charge in [0.05, 0.1) is 37.1 Å². The maximum Gasteiger partial charge on any atom is 0.408 e. The lowest BCUT2D eigenvalue weighted by molar-refractivity contribution is 0.00869. The Morgan fingerprint density at radius 3 is 2.43 bits per heavy atom. The Morgan fingerprint density at radius 1 is 1.25 bits per heavy atom. The number of ether oxygens (including phenoxy) is 1. The van der Waals surface area contributed by atoms with Crippen molar-refractivity contribution in [2.24, 2.45) is 0 Å². The summed E-state index contributed by atoms with van der Waals surface area (Å²) >= 11 is 0. The lowest BCUT2D eigenvalue weighted by Crippen LogP contribution is -2.67. The van der Waals surface area contributed by atoms with Gasteiger partial charge in [-0.3, -0.25) is 4.98 Å². The summed E-state index contributed by atoms with van der Waals surface area (Å²) in [4.78, 5) is 18.2. The van der Waals surface area contributed by atoms with Gasteiger partial charge in [-0.1, -0.05) is 5.16 Å². The number of carbonyl (C=O) groups is 1. The third-order valence-corrected chi connectivity index (χ3v) is 4.54. The SMILES string of the molecule is [B]C1([B])Cc2ncc(-c3c(C)noc3C)cc2C([B])([B])N1C(=O)OC(C)(C)C. The monoisotopic (exact) mass is 369 g/mol. The van der Waals surface area contributed by atoms with Gasteiger partial charge in [0.2, 0.25) is 0 Å². The summed E-state index contributed by atoms with van der Waals surface area (Å²) in [6.07, 6.45) is 0.899. The first-order valence-electron chi connectivity index (χ1n) is 8.85. The van der Waals surface area contributed by atoms with Crippen molar-refractivity contribution in [1.29, 1.82) is 0 Å². The van der Waals surface area contributed by atoms with Crippen molar-refractivity contribution in [2.45, 2.75) is 57.3 Å². The fraction of sp³-hybridized carbons (Fsp3) is 0.500. The largest absolute Gasteiger partial charge is 0.444 e. The summed E-state index contributed by atoms with van der Waals surface area (Å²) in [6.45, 7) is 8.79. The van der Waals surface area contributed by atoms with Crippen LogP contribution in [0, 0.1) is 13.8 Å². The number of fused-ring (bicyclic) bond motifs is 1. The standard InChI is InChI=1S/C18H19B4N3O3/c1-9-14(10(2)28-24-9)11-6-12-13(23-8-11)7-17(19,20)25(18(12,21)22)15(26)27-16(3,4)5/h6,8H,7H2,1-5H3. The highest BCUT2D eigenvalue weighted by molar-refractivity contribution is 6.46. The van der Waals surface area contributed by atoms with Crippen LogP contribution in [0.4, 0.5) is 4.79 Å². The Balaban J connectivity index is 2.12. The van der Waals surface area contributed by atoms with Crippen molar-refractivity contribution in [3.05, 3.63) is 35.0 Å². The number of aromatic nitrogens is 2. The zero-order chi connectivity index (χ0) is 21.1. The topological polar surface area (TPSA) is 68.5 Å². The molecule has 8 radical (unpaired) electrons. The van der Waals surface area contributed by atoms with E-state index in [2.05, 4.69) is 10.1 Å². The number of hydrogen-bond donors (Lipinski definition) is 0. The second kappa shape index (κ2) is 6.46. The molecule has 136 valence electrons. The minimum atomic E-state index is -1.83. The van der Waals surface area contributed by atoms with Crippen molar-refractivity contribution in [3.63, 3.8) is 0 Å². The average Bonchev–Trinajstić information content (AvgIpc) is 2.83. The minimum Gasteiger partial charge on any atom is -0.444 e. The Morgan fingerprint density at radius 2 is 1.89 bits per heavy atom. The third-order valence-electron chi connectivity index (χ3n) is 4.54. The smallest absolute Gasteiger partial charge is 0.408 e. The second-order valence-electron chi connectivity index (χ2n) is 8.23. The molecule has 0 bridgehead atoms. The Kier molecular flexibility index (Phi) is 4.76. The van der Waals surface area contributed by atoms with Crippen LogP contribution < -0.4 is 0 Å². The maximum atomic E-state index is 12.8. The van der Waals surface area contributed by atoms with Gasteiger partial charge in [0.25, 0.3) is 0 Å². The van der Waals surface area contributed by atoms with E-state index in [-0.39, 0.29) is 6.42 Å². The zero-order valence-electron chi connectivity index (χ0n) is 16.7. The van der Waals surface area contributed by atoms with Crippen molar-refractivity contribution in [3.8, 4) is 11.1 Å². The lowest BCUT2D eigenvalue weighted by atomic mass is 9.46. The van der Waals surface area contributed by atoms with Crippen molar-refractivity contribution in [1.82, 2.24) is 15.0 Å². The number of aryl methyl sites for hydroxylation is 2. The number of pyridine rings is 1. The van der Waals surface area contributed by atoms with E-state index in [1.165, 1.54) is 0 Å². The summed E-state index contributed by atoms with van der Waals surface area (Å²) in [5.74, 6) is 0.630. The molecule has 0 aliphatic carbocycles. The van der Waals surface area contributed by atoms with Crippen molar-refractivity contribution >= 4 is 37.5 Å². The summed E-state index contributed by atoms with van der Waals surface area (Å²) in [5.41, 5.74) is 2.34. The third kappa shape index (κ3) is 3.49. The summed E-state index contributed by atoms with van der Waals surface area (Å²) in [5, 5.41) is 0.456. The number of nitrogens with zero attached hydrogens (tertiary/aromatic N) is 3. The Bertz CT molecular complexity index is 915. The predicted molar refractivity (Wildman–Crippen MR) is 108 cm³/mol. The fourth-order valence-electron chi connectivity index (χ4n) is 3.45. The number of rotatable bonds is 1. The van der Waals surface area contributed by atoms with E-state index in [1.54, 1.807) is 40.0 Å². The molecule has 1 aliphatic heterocycles. The van der Waals surface area contributed by atoms with Gasteiger partial charge in [0.1, 0.15) is 11.4 Å². The Labute approximate surface area is 170 Å². The predicted octanol–water partition coefficient (Wildman–Crippen LogP) is 1.58. The molecule has 0 aromatic carbocycles. The molecule has 2 aromatic rings. The molecule has 0 N–H and O–H groups in total. The van der Waals surface area contributed by atoms with Gasteiger partial charge in [-0.2, -0.15) is 0 Å². The van der Waals surface area contributed by atoms with E-state index in [1.807, 2.05) is 6.92 Å². The first-order chi connectivity index (χ1) is 12.7. The van der Waals surface area contributed by atoms with Gasteiger partial charge in [-0.05, 0) is 63.3 Å². The second-order valence-corrected chi connectivity index (χ2v) is 8.23. The van der Waals surface area contributed by atoms with E-state index < -0.39 is 22.4 Å². The van der Waals surface area contributed by atoms with E-state index in [9.17, 15) is 4.79 Å². The van der Waals surface area contributed by atoms with Crippen LogP contribution in [0.5, 0.6) is 0 Å². The molecule has 1 amide bonds. The van der Waals surface area contributed by atoms with Crippen LogP contribution in [-0.4, -0.2) is 63.5 Å². The molecule has 10 heteroatoms. The molecule has 3 rings (SSSR count). The first-order valence-corrected chi connectivity index (χ1v) is 8.85. The molecule has 0 unspecified atom stereocenters. The fourth-order valence-corrected chi connectivity index (χ4v) is 3.45. The van der Waals surface area contributed by atoms with Gasteiger partial charge in [0, 0.05) is 23.0 Å². The molecule has 0 atom stereocenters. The highest BCUT2D eigenvalue weighted by Crippen LogP contribution is 2.39. The van der Waals surface area contributed by atoms with Gasteiger partial charge >= 0.3 is 6.09 Å². The van der Waals surface area contributed by atoms with Gasteiger partial charge in [-0.25, -0.2) is 4.79 Å². The first kappa shape index (κ1) is 20.6. The van der Waals surface area contributed by atoms with E-state index in [4.69, 9.17) is 40.6 Å². The van der Waals surface area contributed by atoms with Crippen LogP contribution in [0.1, 0.15) is 43.5 Å². The van der Waals surface area contributed by atoms with Crippen LogP contribution in [0.3, 0.4) is 0 Å².